The Kier molecular flexibility index (Phi) is 5.48. The molecule has 1 fully saturated rings. The van der Waals surface area contributed by atoms with Crippen LogP contribution in [0.5, 0.6) is 0 Å². The summed E-state index contributed by atoms with van der Waals surface area (Å²) >= 11 is 4.88. The first-order valence-electron chi connectivity index (χ1n) is 7.71. The van der Waals surface area contributed by atoms with Gasteiger partial charge in [0.2, 0.25) is 5.91 Å². The van der Waals surface area contributed by atoms with E-state index in [-0.39, 0.29) is 23.6 Å². The number of amides is 2. The Labute approximate surface area is 158 Å². The summed E-state index contributed by atoms with van der Waals surface area (Å²) in [7, 11) is 1.29. The number of carbonyl (C=O) groups excluding carboxylic acids is 3. The van der Waals surface area contributed by atoms with Gasteiger partial charge in [-0.05, 0) is 11.1 Å². The van der Waals surface area contributed by atoms with Crippen LogP contribution in [0.2, 0.25) is 0 Å². The monoisotopic (exact) mass is 424 g/mol. The first-order valence-corrected chi connectivity index (χ1v) is 9.88. The second-order valence-electron chi connectivity index (χ2n) is 5.69. The Morgan fingerprint density at radius 3 is 2.72 bits per heavy atom. The van der Waals surface area contributed by atoms with Gasteiger partial charge in [-0.2, -0.15) is 0 Å². The van der Waals surface area contributed by atoms with Crippen LogP contribution in [0.4, 0.5) is 0 Å². The Hall–Kier alpha value is -1.80. The van der Waals surface area contributed by atoms with E-state index >= 15 is 0 Å². The second kappa shape index (κ2) is 7.61. The molecule has 132 valence electrons. The summed E-state index contributed by atoms with van der Waals surface area (Å²) in [6.07, 6.45) is 0.217. The van der Waals surface area contributed by atoms with Crippen molar-refractivity contribution in [2.75, 3.05) is 18.2 Å². The maximum absolute atomic E-state index is 12.5. The van der Waals surface area contributed by atoms with Gasteiger partial charge in [-0.25, -0.2) is 4.79 Å². The normalized spacial score (nSPS) is 22.2. The topological polar surface area (TPSA) is 75.7 Å². The fraction of sp³-hybridized carbons (Fsp3) is 0.353. The van der Waals surface area contributed by atoms with Crippen molar-refractivity contribution in [1.29, 1.82) is 0 Å². The molecular formula is C17H17BrN2O4S. The van der Waals surface area contributed by atoms with Crippen molar-refractivity contribution < 1.29 is 19.1 Å². The molecule has 8 heteroatoms. The maximum Gasteiger partial charge on any atom is 0.354 e. The molecule has 1 saturated heterocycles. The zero-order chi connectivity index (χ0) is 18.0. The number of halogens is 1. The number of ether oxygens (including phenoxy) is 1. The summed E-state index contributed by atoms with van der Waals surface area (Å²) in [5.74, 6) is -0.408. The third-order valence-electron chi connectivity index (χ3n) is 4.11. The van der Waals surface area contributed by atoms with Crippen LogP contribution in [0.25, 0.3) is 0 Å². The minimum atomic E-state index is -0.613. The van der Waals surface area contributed by atoms with Crippen LogP contribution in [-0.4, -0.2) is 52.3 Å². The van der Waals surface area contributed by atoms with E-state index in [9.17, 15) is 14.4 Å². The minimum absolute atomic E-state index is 0.209. The average Bonchev–Trinajstić information content (AvgIpc) is 2.64. The van der Waals surface area contributed by atoms with Gasteiger partial charge in [-0.3, -0.25) is 14.5 Å². The number of benzene rings is 1. The number of hydrogen-bond donors (Lipinski definition) is 1. The zero-order valence-electron chi connectivity index (χ0n) is 13.5. The first kappa shape index (κ1) is 18.0. The molecule has 1 aromatic carbocycles. The number of carbonyl (C=O) groups is 3. The van der Waals surface area contributed by atoms with Gasteiger partial charge in [-0.1, -0.05) is 46.3 Å². The Morgan fingerprint density at radius 1 is 1.36 bits per heavy atom. The van der Waals surface area contributed by atoms with Crippen molar-refractivity contribution in [2.45, 2.75) is 17.8 Å². The number of thioether (sulfide) groups is 1. The average molecular weight is 425 g/mol. The van der Waals surface area contributed by atoms with Crippen LogP contribution in [0.1, 0.15) is 5.56 Å². The summed E-state index contributed by atoms with van der Waals surface area (Å²) in [5.41, 5.74) is 1.99. The number of nitrogens with one attached hydrogen (secondary N) is 1. The molecule has 6 nitrogen and oxygen atoms in total. The predicted octanol–water partition coefficient (Wildman–Crippen LogP) is 1.45. The first-order chi connectivity index (χ1) is 12.1. The number of methoxy groups -OCH3 is 1. The molecule has 2 aliphatic rings. The number of rotatable bonds is 5. The number of hydrogen-bond acceptors (Lipinski definition) is 5. The molecule has 3 rings (SSSR count). The fourth-order valence-corrected chi connectivity index (χ4v) is 4.95. The van der Waals surface area contributed by atoms with Crippen molar-refractivity contribution in [3.05, 3.63) is 47.2 Å². The highest BCUT2D eigenvalue weighted by Crippen LogP contribution is 2.40. The molecule has 2 heterocycles. The lowest BCUT2D eigenvalue weighted by Crippen LogP contribution is -2.70. The van der Waals surface area contributed by atoms with Crippen LogP contribution in [0.3, 0.4) is 0 Å². The van der Waals surface area contributed by atoms with Gasteiger partial charge in [0.15, 0.2) is 0 Å². The molecule has 1 aromatic rings. The maximum atomic E-state index is 12.5. The van der Waals surface area contributed by atoms with Gasteiger partial charge in [0, 0.05) is 11.1 Å². The van der Waals surface area contributed by atoms with E-state index in [2.05, 4.69) is 21.2 Å². The van der Waals surface area contributed by atoms with E-state index in [1.165, 1.54) is 23.8 Å². The SMILES string of the molecule is COC(=O)C1=C(CBr)CS[C@H]2[C@H](NC(=O)Cc3ccccc3)C(=O)N12. The highest BCUT2D eigenvalue weighted by molar-refractivity contribution is 9.09. The Morgan fingerprint density at radius 2 is 2.08 bits per heavy atom. The Balaban J connectivity index is 1.70. The third kappa shape index (κ3) is 3.46. The van der Waals surface area contributed by atoms with E-state index in [0.717, 1.165) is 11.1 Å². The fourth-order valence-electron chi connectivity index (χ4n) is 2.88. The second-order valence-corrected chi connectivity index (χ2v) is 7.36. The van der Waals surface area contributed by atoms with Crippen molar-refractivity contribution in [2.24, 2.45) is 0 Å². The van der Waals surface area contributed by atoms with Gasteiger partial charge in [0.1, 0.15) is 17.1 Å². The Bertz CT molecular complexity index is 737. The molecule has 0 aliphatic carbocycles. The molecule has 0 unspecified atom stereocenters. The highest BCUT2D eigenvalue weighted by Gasteiger charge is 2.54. The van der Waals surface area contributed by atoms with Crippen LogP contribution in [0, 0.1) is 0 Å². The lowest BCUT2D eigenvalue weighted by Gasteiger charge is -2.49. The van der Waals surface area contributed by atoms with Crippen LogP contribution < -0.4 is 5.32 Å². The molecule has 0 bridgehead atoms. The van der Waals surface area contributed by atoms with Crippen molar-refractivity contribution in [3.8, 4) is 0 Å². The van der Waals surface area contributed by atoms with Crippen LogP contribution >= 0.6 is 27.7 Å². The molecule has 0 saturated carbocycles. The van der Waals surface area contributed by atoms with E-state index < -0.39 is 12.0 Å². The van der Waals surface area contributed by atoms with Gasteiger partial charge in [0.25, 0.3) is 5.91 Å². The number of β-lactam (4-membered cyclic amide) rings is 1. The molecule has 25 heavy (non-hydrogen) atoms. The number of fused-ring (bicyclic) bond motifs is 1. The molecule has 0 spiro atoms. The van der Waals surface area contributed by atoms with E-state index in [4.69, 9.17) is 4.74 Å². The summed E-state index contributed by atoms with van der Waals surface area (Å²) in [5, 5.41) is 3.00. The standard InChI is InChI=1S/C17H17BrN2O4S/c1-24-17(23)14-11(8-18)9-25-16-13(15(22)20(14)16)19-12(21)7-10-5-3-2-4-6-10/h2-6,13,16H,7-9H2,1H3,(H,19,21)/t13-,16+/m1/s1. The molecule has 1 N–H and O–H groups in total. The number of nitrogens with zero attached hydrogens (tertiary/aromatic N) is 1. The lowest BCUT2D eigenvalue weighted by molar-refractivity contribution is -0.151. The third-order valence-corrected chi connectivity index (χ3v) is 6.13. The van der Waals surface area contributed by atoms with Gasteiger partial charge in [-0.15, -0.1) is 11.8 Å². The quantitative estimate of drug-likeness (QED) is 0.439. The smallest absolute Gasteiger partial charge is 0.354 e. The van der Waals surface area contributed by atoms with Gasteiger partial charge in [0.05, 0.1) is 13.5 Å². The summed E-state index contributed by atoms with van der Waals surface area (Å²) in [4.78, 5) is 38.2. The van der Waals surface area contributed by atoms with Crippen LogP contribution in [-0.2, 0) is 25.5 Å². The molecule has 2 amide bonds. The predicted molar refractivity (Wildman–Crippen MR) is 98.0 cm³/mol. The molecular weight excluding hydrogens is 408 g/mol. The minimum Gasteiger partial charge on any atom is -0.464 e. The summed E-state index contributed by atoms with van der Waals surface area (Å²) in [6, 6.07) is 8.73. The summed E-state index contributed by atoms with van der Waals surface area (Å²) < 4.78 is 4.81. The van der Waals surface area contributed by atoms with E-state index in [0.29, 0.717) is 16.8 Å². The molecule has 0 radical (unpaired) electrons. The molecule has 2 aliphatic heterocycles. The summed E-state index contributed by atoms with van der Waals surface area (Å²) in [6.45, 7) is 0. The van der Waals surface area contributed by atoms with Crippen molar-refractivity contribution >= 4 is 45.5 Å². The van der Waals surface area contributed by atoms with Gasteiger partial charge < -0.3 is 10.1 Å². The van der Waals surface area contributed by atoms with Crippen LogP contribution in [0.15, 0.2) is 41.6 Å². The number of esters is 1. The molecule has 2 atom stereocenters. The van der Waals surface area contributed by atoms with Crippen molar-refractivity contribution in [1.82, 2.24) is 10.2 Å². The molecule has 0 aromatic heterocycles. The lowest BCUT2D eigenvalue weighted by atomic mass is 10.0. The largest absolute Gasteiger partial charge is 0.464 e. The van der Waals surface area contributed by atoms with Gasteiger partial charge >= 0.3 is 5.97 Å². The van der Waals surface area contributed by atoms with Crippen molar-refractivity contribution in [3.63, 3.8) is 0 Å². The zero-order valence-corrected chi connectivity index (χ0v) is 15.9. The highest BCUT2D eigenvalue weighted by atomic mass is 79.9. The van der Waals surface area contributed by atoms with E-state index in [1.807, 2.05) is 30.3 Å². The van der Waals surface area contributed by atoms with E-state index in [1.54, 1.807) is 0 Å². The number of alkyl halides is 1.